The second-order valence-electron chi connectivity index (χ2n) is 5.85. The lowest BCUT2D eigenvalue weighted by Crippen LogP contribution is -2.40. The van der Waals surface area contributed by atoms with E-state index in [4.69, 9.17) is 16.3 Å². The minimum Gasteiger partial charge on any atom is -0.378 e. The molecule has 2 aromatic carbocycles. The first kappa shape index (κ1) is 18.8. The molecular formula is C18H19ClN2O4S. The molecule has 6 nitrogen and oxygen atoms in total. The van der Waals surface area contributed by atoms with Crippen molar-refractivity contribution in [2.75, 3.05) is 26.3 Å². The third kappa shape index (κ3) is 4.42. The highest BCUT2D eigenvalue weighted by Gasteiger charge is 2.21. The Balaban J connectivity index is 1.75. The summed E-state index contributed by atoms with van der Waals surface area (Å²) in [6.07, 6.45) is 0. The summed E-state index contributed by atoms with van der Waals surface area (Å²) in [6, 6.07) is 13.1. The summed E-state index contributed by atoms with van der Waals surface area (Å²) >= 11 is 6.06. The number of nitrogens with zero attached hydrogens (tertiary/aromatic N) is 1. The number of hydrogen-bond donors (Lipinski definition) is 1. The molecule has 3 rings (SSSR count). The number of halogens is 1. The fraction of sp³-hybridized carbons (Fsp3) is 0.278. The molecule has 0 aliphatic carbocycles. The maximum Gasteiger partial charge on any atom is 0.254 e. The highest BCUT2D eigenvalue weighted by molar-refractivity contribution is 7.89. The van der Waals surface area contributed by atoms with Crippen molar-refractivity contribution in [2.45, 2.75) is 11.4 Å². The van der Waals surface area contributed by atoms with Crippen LogP contribution in [0.1, 0.15) is 15.9 Å². The average molecular weight is 395 g/mol. The topological polar surface area (TPSA) is 75.7 Å². The van der Waals surface area contributed by atoms with Crippen LogP contribution in [0.4, 0.5) is 0 Å². The number of ether oxygens (including phenoxy) is 1. The van der Waals surface area contributed by atoms with Gasteiger partial charge < -0.3 is 9.64 Å². The molecule has 1 saturated heterocycles. The number of rotatable bonds is 5. The SMILES string of the molecule is O=C(c1cccc(S(=O)(=O)NCc2ccccc2Cl)c1)N1CCOCC1. The van der Waals surface area contributed by atoms with Gasteiger partial charge >= 0.3 is 0 Å². The van der Waals surface area contributed by atoms with Crippen LogP contribution in [0.5, 0.6) is 0 Å². The van der Waals surface area contributed by atoms with Gasteiger partial charge in [0.15, 0.2) is 0 Å². The van der Waals surface area contributed by atoms with Gasteiger partial charge in [0.25, 0.3) is 5.91 Å². The number of amides is 1. The van der Waals surface area contributed by atoms with Gasteiger partial charge in [-0.05, 0) is 29.8 Å². The fourth-order valence-electron chi connectivity index (χ4n) is 2.64. The molecule has 0 unspecified atom stereocenters. The number of nitrogens with one attached hydrogen (secondary N) is 1. The number of carbonyl (C=O) groups excluding carboxylic acids is 1. The lowest BCUT2D eigenvalue weighted by atomic mass is 10.2. The average Bonchev–Trinajstić information content (AvgIpc) is 2.67. The smallest absolute Gasteiger partial charge is 0.254 e. The zero-order valence-electron chi connectivity index (χ0n) is 14.0. The Hall–Kier alpha value is -1.93. The molecule has 1 N–H and O–H groups in total. The van der Waals surface area contributed by atoms with Crippen molar-refractivity contribution in [2.24, 2.45) is 0 Å². The molecule has 138 valence electrons. The Kier molecular flexibility index (Phi) is 5.93. The molecule has 0 bridgehead atoms. The van der Waals surface area contributed by atoms with Gasteiger partial charge in [-0.2, -0.15) is 0 Å². The Morgan fingerprint density at radius 3 is 2.58 bits per heavy atom. The van der Waals surface area contributed by atoms with Crippen LogP contribution < -0.4 is 4.72 Å². The number of carbonyl (C=O) groups is 1. The minimum absolute atomic E-state index is 0.0451. The summed E-state index contributed by atoms with van der Waals surface area (Å²) in [6.45, 7) is 2.05. The van der Waals surface area contributed by atoms with E-state index in [0.717, 1.165) is 0 Å². The van der Waals surface area contributed by atoms with Crippen molar-refractivity contribution in [3.05, 3.63) is 64.7 Å². The lowest BCUT2D eigenvalue weighted by Gasteiger charge is -2.27. The van der Waals surface area contributed by atoms with Gasteiger partial charge in [0.2, 0.25) is 10.0 Å². The number of benzene rings is 2. The van der Waals surface area contributed by atoms with Crippen LogP contribution in [0.15, 0.2) is 53.4 Å². The van der Waals surface area contributed by atoms with Crippen molar-refractivity contribution in [3.63, 3.8) is 0 Å². The monoisotopic (exact) mass is 394 g/mol. The van der Waals surface area contributed by atoms with E-state index in [0.29, 0.717) is 42.5 Å². The van der Waals surface area contributed by atoms with E-state index in [-0.39, 0.29) is 17.3 Å². The normalized spacial score (nSPS) is 15.0. The molecule has 1 fully saturated rings. The van der Waals surface area contributed by atoms with Gasteiger partial charge in [-0.25, -0.2) is 13.1 Å². The first-order valence-corrected chi connectivity index (χ1v) is 10.0. The van der Waals surface area contributed by atoms with E-state index < -0.39 is 10.0 Å². The van der Waals surface area contributed by atoms with Crippen LogP contribution in [0.2, 0.25) is 5.02 Å². The van der Waals surface area contributed by atoms with Gasteiger partial charge in [-0.15, -0.1) is 0 Å². The van der Waals surface area contributed by atoms with E-state index >= 15 is 0 Å². The molecule has 0 radical (unpaired) electrons. The van der Waals surface area contributed by atoms with E-state index in [1.54, 1.807) is 41.3 Å². The zero-order valence-corrected chi connectivity index (χ0v) is 15.6. The van der Waals surface area contributed by atoms with Gasteiger partial charge in [-0.3, -0.25) is 4.79 Å². The number of morpholine rings is 1. The maximum atomic E-state index is 12.6. The maximum absolute atomic E-state index is 12.6. The summed E-state index contributed by atoms with van der Waals surface area (Å²) in [4.78, 5) is 14.2. The second-order valence-corrected chi connectivity index (χ2v) is 8.02. The van der Waals surface area contributed by atoms with E-state index in [9.17, 15) is 13.2 Å². The first-order valence-electron chi connectivity index (χ1n) is 8.17. The summed E-state index contributed by atoms with van der Waals surface area (Å²) < 4.78 is 32.9. The van der Waals surface area contributed by atoms with Crippen LogP contribution >= 0.6 is 11.6 Å². The molecule has 8 heteroatoms. The Bertz CT molecular complexity index is 896. The summed E-state index contributed by atoms with van der Waals surface area (Å²) in [5.41, 5.74) is 1.02. The molecule has 1 aliphatic heterocycles. The summed E-state index contributed by atoms with van der Waals surface area (Å²) in [5, 5.41) is 0.492. The molecule has 2 aromatic rings. The molecular weight excluding hydrogens is 376 g/mol. The highest BCUT2D eigenvalue weighted by atomic mass is 35.5. The van der Waals surface area contributed by atoms with E-state index in [2.05, 4.69) is 4.72 Å². The van der Waals surface area contributed by atoms with Gasteiger partial charge in [0.1, 0.15) is 0 Å². The van der Waals surface area contributed by atoms with Crippen LogP contribution in [0.25, 0.3) is 0 Å². The Morgan fingerprint density at radius 1 is 1.12 bits per heavy atom. The van der Waals surface area contributed by atoms with Crippen molar-refractivity contribution in [1.29, 1.82) is 0 Å². The molecule has 0 spiro atoms. The molecule has 26 heavy (non-hydrogen) atoms. The second kappa shape index (κ2) is 8.18. The minimum atomic E-state index is -3.77. The summed E-state index contributed by atoms with van der Waals surface area (Å²) in [7, 11) is -3.77. The molecule has 1 aliphatic rings. The first-order chi connectivity index (χ1) is 12.5. The predicted molar refractivity (Wildman–Crippen MR) is 98.6 cm³/mol. The number of hydrogen-bond acceptors (Lipinski definition) is 4. The van der Waals surface area contributed by atoms with Crippen molar-refractivity contribution in [3.8, 4) is 0 Å². The summed E-state index contributed by atoms with van der Waals surface area (Å²) in [5.74, 6) is -0.198. The van der Waals surface area contributed by atoms with E-state index in [1.807, 2.05) is 0 Å². The highest BCUT2D eigenvalue weighted by Crippen LogP contribution is 2.17. The quantitative estimate of drug-likeness (QED) is 0.844. The Morgan fingerprint density at radius 2 is 1.85 bits per heavy atom. The van der Waals surface area contributed by atoms with Crippen molar-refractivity contribution in [1.82, 2.24) is 9.62 Å². The molecule has 1 heterocycles. The number of sulfonamides is 1. The third-order valence-electron chi connectivity index (χ3n) is 4.10. The molecule has 0 atom stereocenters. The molecule has 0 saturated carbocycles. The lowest BCUT2D eigenvalue weighted by molar-refractivity contribution is 0.0302. The van der Waals surface area contributed by atoms with Gasteiger partial charge in [0, 0.05) is 30.2 Å². The zero-order chi connectivity index (χ0) is 18.6. The van der Waals surface area contributed by atoms with Crippen molar-refractivity contribution >= 4 is 27.5 Å². The molecule has 1 amide bonds. The predicted octanol–water partition coefficient (Wildman–Crippen LogP) is 2.29. The van der Waals surface area contributed by atoms with Crippen LogP contribution in [-0.2, 0) is 21.3 Å². The van der Waals surface area contributed by atoms with Crippen LogP contribution in [-0.4, -0.2) is 45.5 Å². The fourth-order valence-corrected chi connectivity index (χ4v) is 3.90. The molecule has 0 aromatic heterocycles. The third-order valence-corrected chi connectivity index (χ3v) is 5.87. The largest absolute Gasteiger partial charge is 0.378 e. The van der Waals surface area contributed by atoms with Crippen LogP contribution in [0.3, 0.4) is 0 Å². The van der Waals surface area contributed by atoms with Gasteiger partial charge in [-0.1, -0.05) is 35.9 Å². The Labute approximate surface area is 157 Å². The van der Waals surface area contributed by atoms with Gasteiger partial charge in [0.05, 0.1) is 18.1 Å². The standard InChI is InChI=1S/C18H19ClN2O4S/c19-17-7-2-1-4-15(17)13-20-26(23,24)16-6-3-5-14(12-16)18(22)21-8-10-25-11-9-21/h1-7,12,20H,8-11,13H2. The van der Waals surface area contributed by atoms with E-state index in [1.165, 1.54) is 12.1 Å². The van der Waals surface area contributed by atoms with Crippen LogP contribution in [0, 0.1) is 0 Å². The van der Waals surface area contributed by atoms with Crippen molar-refractivity contribution < 1.29 is 17.9 Å².